The van der Waals surface area contributed by atoms with Crippen LogP contribution in [-0.4, -0.2) is 24.3 Å². The van der Waals surface area contributed by atoms with Crippen molar-refractivity contribution in [1.29, 1.82) is 0 Å². The zero-order valence-electron chi connectivity index (χ0n) is 17.3. The molecule has 1 aliphatic carbocycles. The second kappa shape index (κ2) is 8.47. The van der Waals surface area contributed by atoms with E-state index in [1.54, 1.807) is 24.3 Å². The molecule has 0 aliphatic heterocycles. The second-order valence-corrected chi connectivity index (χ2v) is 7.89. The fourth-order valence-electron chi connectivity index (χ4n) is 3.45. The van der Waals surface area contributed by atoms with E-state index in [0.717, 1.165) is 28.8 Å². The number of carbonyl (C=O) groups excluding carboxylic acids is 3. The molecule has 29 heavy (non-hydrogen) atoms. The van der Waals surface area contributed by atoms with Crippen molar-refractivity contribution in [3.63, 3.8) is 0 Å². The molecular formula is C23H27N3O3. The lowest BCUT2D eigenvalue weighted by Crippen LogP contribution is -2.33. The van der Waals surface area contributed by atoms with Crippen molar-refractivity contribution in [1.82, 2.24) is 5.32 Å². The van der Waals surface area contributed by atoms with E-state index in [0.29, 0.717) is 17.2 Å². The number of nitrogens with one attached hydrogen (secondary N) is 3. The summed E-state index contributed by atoms with van der Waals surface area (Å²) < 4.78 is 0. The van der Waals surface area contributed by atoms with Gasteiger partial charge in [0.1, 0.15) is 0 Å². The molecule has 152 valence electrons. The molecular weight excluding hydrogens is 366 g/mol. The third-order valence-electron chi connectivity index (χ3n) is 5.21. The predicted octanol–water partition coefficient (Wildman–Crippen LogP) is 3.57. The highest BCUT2D eigenvalue weighted by atomic mass is 16.2. The number of carbonyl (C=O) groups is 3. The van der Waals surface area contributed by atoms with Crippen molar-refractivity contribution in [2.75, 3.05) is 17.2 Å². The van der Waals surface area contributed by atoms with E-state index in [2.05, 4.69) is 22.9 Å². The largest absolute Gasteiger partial charge is 0.343 e. The van der Waals surface area contributed by atoms with Crippen molar-refractivity contribution >= 4 is 29.1 Å². The Kier molecular flexibility index (Phi) is 6.01. The van der Waals surface area contributed by atoms with E-state index in [1.807, 2.05) is 32.9 Å². The summed E-state index contributed by atoms with van der Waals surface area (Å²) in [5.41, 5.74) is 4.98. The molecule has 3 rings (SSSR count). The van der Waals surface area contributed by atoms with Crippen LogP contribution < -0.4 is 16.0 Å². The molecule has 2 aromatic carbocycles. The molecule has 0 bridgehead atoms. The van der Waals surface area contributed by atoms with E-state index < -0.39 is 0 Å². The first-order valence-electron chi connectivity index (χ1n) is 9.81. The van der Waals surface area contributed by atoms with Crippen LogP contribution in [0.5, 0.6) is 0 Å². The molecule has 2 atom stereocenters. The summed E-state index contributed by atoms with van der Waals surface area (Å²) in [7, 11) is 0. The van der Waals surface area contributed by atoms with Crippen LogP contribution in [0.3, 0.4) is 0 Å². The summed E-state index contributed by atoms with van der Waals surface area (Å²) in [5.74, 6) is -0.0638. The number of anilines is 2. The summed E-state index contributed by atoms with van der Waals surface area (Å²) in [5, 5.41) is 8.34. The highest BCUT2D eigenvalue weighted by Crippen LogP contribution is 2.38. The fourth-order valence-corrected chi connectivity index (χ4v) is 3.45. The first kappa shape index (κ1) is 20.6. The van der Waals surface area contributed by atoms with Gasteiger partial charge in [-0.2, -0.15) is 0 Å². The van der Waals surface area contributed by atoms with E-state index >= 15 is 0 Å². The summed E-state index contributed by atoms with van der Waals surface area (Å²) >= 11 is 0. The van der Waals surface area contributed by atoms with Crippen LogP contribution in [-0.2, 0) is 9.59 Å². The molecule has 1 fully saturated rings. The normalized spacial score (nSPS) is 17.4. The Hall–Kier alpha value is -3.15. The molecule has 2 unspecified atom stereocenters. The minimum Gasteiger partial charge on any atom is -0.343 e. The van der Waals surface area contributed by atoms with Gasteiger partial charge >= 0.3 is 0 Å². The molecule has 6 heteroatoms. The van der Waals surface area contributed by atoms with Crippen molar-refractivity contribution in [3.8, 4) is 0 Å². The maximum Gasteiger partial charge on any atom is 0.251 e. The third-order valence-corrected chi connectivity index (χ3v) is 5.21. The van der Waals surface area contributed by atoms with Crippen molar-refractivity contribution < 1.29 is 14.4 Å². The Morgan fingerprint density at radius 2 is 1.55 bits per heavy atom. The molecule has 2 aromatic rings. The Morgan fingerprint density at radius 3 is 2.10 bits per heavy atom. The van der Waals surface area contributed by atoms with Crippen LogP contribution in [0, 0.1) is 32.6 Å². The molecule has 3 N–H and O–H groups in total. The lowest BCUT2D eigenvalue weighted by atomic mass is 10.1. The molecule has 3 amide bonds. The van der Waals surface area contributed by atoms with Crippen LogP contribution in [0.15, 0.2) is 36.4 Å². The summed E-state index contributed by atoms with van der Waals surface area (Å²) in [4.78, 5) is 36.5. The van der Waals surface area contributed by atoms with Gasteiger partial charge in [0, 0.05) is 22.9 Å². The maximum absolute atomic E-state index is 12.3. The minimum atomic E-state index is -0.341. The van der Waals surface area contributed by atoms with Gasteiger partial charge in [0.15, 0.2) is 0 Å². The lowest BCUT2D eigenvalue weighted by molar-refractivity contribution is -0.117. The van der Waals surface area contributed by atoms with Gasteiger partial charge < -0.3 is 16.0 Å². The minimum absolute atomic E-state index is 0.0214. The van der Waals surface area contributed by atoms with Gasteiger partial charge in [-0.3, -0.25) is 14.4 Å². The molecule has 0 heterocycles. The van der Waals surface area contributed by atoms with Crippen molar-refractivity contribution in [2.24, 2.45) is 11.8 Å². The van der Waals surface area contributed by atoms with Crippen molar-refractivity contribution in [3.05, 3.63) is 58.7 Å². The van der Waals surface area contributed by atoms with Gasteiger partial charge in [-0.05, 0) is 68.5 Å². The summed E-state index contributed by atoms with van der Waals surface area (Å²) in [6.07, 6.45) is 0.927. The number of rotatable bonds is 6. The average molecular weight is 393 g/mol. The Labute approximate surface area is 171 Å². The summed E-state index contributed by atoms with van der Waals surface area (Å²) in [6.45, 7) is 7.82. The van der Waals surface area contributed by atoms with Gasteiger partial charge in [0.25, 0.3) is 5.91 Å². The van der Waals surface area contributed by atoms with Gasteiger partial charge in [-0.1, -0.05) is 24.6 Å². The van der Waals surface area contributed by atoms with Crippen LogP contribution in [0.2, 0.25) is 0 Å². The smallest absolute Gasteiger partial charge is 0.251 e. The summed E-state index contributed by atoms with van der Waals surface area (Å²) in [6, 6.07) is 10.7. The fraction of sp³-hybridized carbons (Fsp3) is 0.348. The first-order valence-corrected chi connectivity index (χ1v) is 9.81. The number of hydrogen-bond donors (Lipinski definition) is 3. The van der Waals surface area contributed by atoms with Crippen LogP contribution in [0.1, 0.15) is 40.4 Å². The Balaban J connectivity index is 1.51. The molecule has 0 radical (unpaired) electrons. The van der Waals surface area contributed by atoms with Crippen LogP contribution in [0.25, 0.3) is 0 Å². The van der Waals surface area contributed by atoms with E-state index in [9.17, 15) is 14.4 Å². The second-order valence-electron chi connectivity index (χ2n) is 7.89. The molecule has 0 saturated heterocycles. The van der Waals surface area contributed by atoms with Gasteiger partial charge in [0.05, 0.1) is 6.54 Å². The SMILES string of the molecule is Cc1cc(C)c(NC(=O)CNC(=O)c2ccc(NC(=O)C3CC3C)cc2)c(C)c1. The monoisotopic (exact) mass is 393 g/mol. The highest BCUT2D eigenvalue weighted by Gasteiger charge is 2.39. The number of hydrogen-bond acceptors (Lipinski definition) is 3. The third kappa shape index (κ3) is 5.22. The maximum atomic E-state index is 12.3. The van der Waals surface area contributed by atoms with Gasteiger partial charge in [0.2, 0.25) is 11.8 Å². The number of amides is 3. The number of aryl methyl sites for hydroxylation is 3. The highest BCUT2D eigenvalue weighted by molar-refractivity contribution is 6.00. The van der Waals surface area contributed by atoms with E-state index in [1.165, 1.54) is 0 Å². The zero-order valence-corrected chi connectivity index (χ0v) is 17.3. The molecule has 0 aromatic heterocycles. The Bertz CT molecular complexity index is 927. The quantitative estimate of drug-likeness (QED) is 0.701. The standard InChI is InChI=1S/C23H27N3O3/c1-13-9-15(3)21(16(4)10-13)26-20(27)12-24-22(28)17-5-7-18(8-6-17)25-23(29)19-11-14(19)2/h5-10,14,19H,11-12H2,1-4H3,(H,24,28)(H,25,29)(H,26,27). The zero-order chi connectivity index (χ0) is 21.1. The predicted molar refractivity (Wildman–Crippen MR) is 114 cm³/mol. The number of benzene rings is 2. The molecule has 1 saturated carbocycles. The van der Waals surface area contributed by atoms with Crippen molar-refractivity contribution in [2.45, 2.75) is 34.1 Å². The average Bonchev–Trinajstić information content (AvgIpc) is 3.40. The van der Waals surface area contributed by atoms with E-state index in [4.69, 9.17) is 0 Å². The molecule has 6 nitrogen and oxygen atoms in total. The van der Waals surface area contributed by atoms with Crippen LogP contribution >= 0.6 is 0 Å². The lowest BCUT2D eigenvalue weighted by Gasteiger charge is -2.13. The molecule has 0 spiro atoms. The van der Waals surface area contributed by atoms with Gasteiger partial charge in [-0.25, -0.2) is 0 Å². The Morgan fingerprint density at radius 1 is 0.966 bits per heavy atom. The van der Waals surface area contributed by atoms with Crippen LogP contribution in [0.4, 0.5) is 11.4 Å². The van der Waals surface area contributed by atoms with Gasteiger partial charge in [-0.15, -0.1) is 0 Å². The topological polar surface area (TPSA) is 87.3 Å². The first-order chi connectivity index (χ1) is 13.7. The van der Waals surface area contributed by atoms with E-state index in [-0.39, 0.29) is 30.2 Å². The molecule has 1 aliphatic rings.